The van der Waals surface area contributed by atoms with E-state index in [0.29, 0.717) is 0 Å². The summed E-state index contributed by atoms with van der Waals surface area (Å²) in [6.07, 6.45) is 3.87. The van der Waals surface area contributed by atoms with Gasteiger partial charge in [0.15, 0.2) is 0 Å². The molecule has 0 spiro atoms. The Balaban J connectivity index is 1.74. The van der Waals surface area contributed by atoms with E-state index in [4.69, 9.17) is 5.73 Å². The number of hydrogen-bond acceptors (Lipinski definition) is 4. The molecule has 21 heavy (non-hydrogen) atoms. The van der Waals surface area contributed by atoms with Gasteiger partial charge in [0.1, 0.15) is 0 Å². The molecule has 3 nitrogen and oxygen atoms in total. The molecule has 0 bridgehead atoms. The molecule has 2 aromatic rings. The van der Waals surface area contributed by atoms with E-state index in [-0.39, 0.29) is 23.9 Å². The zero-order chi connectivity index (χ0) is 14.7. The van der Waals surface area contributed by atoms with Gasteiger partial charge in [-0.15, -0.1) is 22.7 Å². The third-order valence-electron chi connectivity index (χ3n) is 4.03. The van der Waals surface area contributed by atoms with Crippen LogP contribution in [-0.4, -0.2) is 11.9 Å². The van der Waals surface area contributed by atoms with E-state index < -0.39 is 0 Å². The first-order chi connectivity index (χ1) is 10.2. The maximum absolute atomic E-state index is 12.6. The minimum atomic E-state index is -0.0179. The lowest BCUT2D eigenvalue weighted by atomic mass is 9.85. The third-order valence-corrected chi connectivity index (χ3v) is 5.90. The van der Waals surface area contributed by atoms with Gasteiger partial charge >= 0.3 is 0 Å². The summed E-state index contributed by atoms with van der Waals surface area (Å²) in [5.74, 6) is 0.216. The van der Waals surface area contributed by atoms with Gasteiger partial charge in [-0.2, -0.15) is 0 Å². The Hall–Kier alpha value is -1.17. The van der Waals surface area contributed by atoms with Crippen molar-refractivity contribution in [2.45, 2.75) is 37.8 Å². The summed E-state index contributed by atoms with van der Waals surface area (Å²) in [7, 11) is 0. The first kappa shape index (κ1) is 14.8. The van der Waals surface area contributed by atoms with Crippen LogP contribution in [0.5, 0.6) is 0 Å². The predicted molar refractivity (Wildman–Crippen MR) is 88.6 cm³/mol. The molecule has 0 aliphatic heterocycles. The summed E-state index contributed by atoms with van der Waals surface area (Å²) in [5, 5.41) is 7.35. The third kappa shape index (κ3) is 3.54. The Morgan fingerprint density at radius 3 is 2.38 bits per heavy atom. The van der Waals surface area contributed by atoms with Gasteiger partial charge < -0.3 is 11.1 Å². The molecular weight excluding hydrogens is 300 g/mol. The van der Waals surface area contributed by atoms with Gasteiger partial charge in [-0.3, -0.25) is 4.79 Å². The highest BCUT2D eigenvalue weighted by atomic mass is 32.1. The minimum absolute atomic E-state index is 0.0179. The molecule has 3 N–H and O–H groups in total. The quantitative estimate of drug-likeness (QED) is 0.905. The Morgan fingerprint density at radius 2 is 1.86 bits per heavy atom. The highest BCUT2D eigenvalue weighted by Crippen LogP contribution is 2.31. The van der Waals surface area contributed by atoms with Gasteiger partial charge in [-0.1, -0.05) is 18.6 Å². The van der Waals surface area contributed by atoms with E-state index in [1.54, 1.807) is 22.7 Å². The Morgan fingerprint density at radius 1 is 1.19 bits per heavy atom. The van der Waals surface area contributed by atoms with Crippen LogP contribution >= 0.6 is 22.7 Å². The number of nitrogens with one attached hydrogen (secondary N) is 1. The number of carbonyl (C=O) groups is 1. The summed E-state index contributed by atoms with van der Waals surface area (Å²) in [4.78, 5) is 15.0. The van der Waals surface area contributed by atoms with Crippen LogP contribution in [0.2, 0.25) is 0 Å². The van der Waals surface area contributed by atoms with Gasteiger partial charge in [0.05, 0.1) is 6.04 Å². The molecular formula is C16H20N2OS2. The van der Waals surface area contributed by atoms with Crippen molar-refractivity contribution in [3.8, 4) is 0 Å². The zero-order valence-electron chi connectivity index (χ0n) is 11.8. The van der Waals surface area contributed by atoms with Crippen LogP contribution in [0.4, 0.5) is 0 Å². The van der Waals surface area contributed by atoms with Gasteiger partial charge in [0, 0.05) is 21.7 Å². The predicted octanol–water partition coefficient (Wildman–Crippen LogP) is 3.53. The summed E-state index contributed by atoms with van der Waals surface area (Å²) in [5.41, 5.74) is 6.01. The van der Waals surface area contributed by atoms with Gasteiger partial charge in [0.2, 0.25) is 5.91 Å². The fourth-order valence-corrected chi connectivity index (χ4v) is 4.58. The highest BCUT2D eigenvalue weighted by Gasteiger charge is 2.28. The molecule has 2 heterocycles. The number of thiophene rings is 2. The summed E-state index contributed by atoms with van der Waals surface area (Å²) < 4.78 is 0. The van der Waals surface area contributed by atoms with Crippen molar-refractivity contribution in [1.29, 1.82) is 0 Å². The second-order valence-corrected chi connectivity index (χ2v) is 7.55. The molecule has 0 radical (unpaired) electrons. The molecule has 5 heteroatoms. The number of hydrogen-bond donors (Lipinski definition) is 2. The summed E-state index contributed by atoms with van der Waals surface area (Å²) in [6.45, 7) is 0. The monoisotopic (exact) mass is 320 g/mol. The van der Waals surface area contributed by atoms with E-state index in [9.17, 15) is 4.79 Å². The minimum Gasteiger partial charge on any atom is -0.343 e. The van der Waals surface area contributed by atoms with Crippen LogP contribution < -0.4 is 11.1 Å². The maximum Gasteiger partial charge on any atom is 0.223 e. The number of rotatable bonds is 4. The highest BCUT2D eigenvalue weighted by molar-refractivity contribution is 7.11. The van der Waals surface area contributed by atoms with Crippen LogP contribution in [0, 0.1) is 5.92 Å². The lowest BCUT2D eigenvalue weighted by molar-refractivity contribution is -0.126. The van der Waals surface area contributed by atoms with Gasteiger partial charge in [-0.05, 0) is 42.2 Å². The smallest absolute Gasteiger partial charge is 0.223 e. The molecule has 2 atom stereocenters. The van der Waals surface area contributed by atoms with Crippen molar-refractivity contribution in [3.63, 3.8) is 0 Å². The average molecular weight is 320 g/mol. The van der Waals surface area contributed by atoms with Gasteiger partial charge in [0.25, 0.3) is 0 Å². The molecule has 1 amide bonds. The second-order valence-electron chi connectivity index (χ2n) is 5.60. The summed E-state index contributed by atoms with van der Waals surface area (Å²) >= 11 is 3.37. The molecule has 0 aromatic carbocycles. The molecule has 1 fully saturated rings. The standard InChI is InChI=1S/C16H20N2OS2/c17-12-5-1-4-11(10-12)16(19)18-15(13-6-2-8-20-13)14-7-3-9-21-14/h2-3,6-9,11-12,15H,1,4-5,10,17H2,(H,18,19). The van der Waals surface area contributed by atoms with Crippen molar-refractivity contribution < 1.29 is 4.79 Å². The second kappa shape index (κ2) is 6.73. The summed E-state index contributed by atoms with van der Waals surface area (Å²) in [6, 6.07) is 8.39. The Bertz CT molecular complexity index is 531. The van der Waals surface area contributed by atoms with Crippen molar-refractivity contribution in [3.05, 3.63) is 44.8 Å². The van der Waals surface area contributed by atoms with Crippen molar-refractivity contribution >= 4 is 28.6 Å². The van der Waals surface area contributed by atoms with E-state index in [1.165, 1.54) is 9.75 Å². The van der Waals surface area contributed by atoms with Crippen molar-refractivity contribution in [1.82, 2.24) is 5.32 Å². The van der Waals surface area contributed by atoms with Crippen LogP contribution in [-0.2, 0) is 4.79 Å². The first-order valence-electron chi connectivity index (χ1n) is 7.37. The van der Waals surface area contributed by atoms with E-state index >= 15 is 0 Å². The molecule has 2 unspecified atom stereocenters. The van der Waals surface area contributed by atoms with Crippen LogP contribution in [0.3, 0.4) is 0 Å². The average Bonchev–Trinajstić information content (AvgIpc) is 3.18. The van der Waals surface area contributed by atoms with Crippen LogP contribution in [0.15, 0.2) is 35.0 Å². The fraction of sp³-hybridized carbons (Fsp3) is 0.438. The number of carbonyl (C=O) groups excluding carboxylic acids is 1. The Labute approximate surface area is 133 Å². The molecule has 2 aromatic heterocycles. The first-order valence-corrected chi connectivity index (χ1v) is 9.12. The van der Waals surface area contributed by atoms with Gasteiger partial charge in [-0.25, -0.2) is 0 Å². The lowest BCUT2D eigenvalue weighted by Crippen LogP contribution is -2.39. The van der Waals surface area contributed by atoms with E-state index in [0.717, 1.165) is 25.7 Å². The van der Waals surface area contributed by atoms with Crippen molar-refractivity contribution in [2.75, 3.05) is 0 Å². The van der Waals surface area contributed by atoms with Crippen molar-refractivity contribution in [2.24, 2.45) is 11.7 Å². The molecule has 1 saturated carbocycles. The zero-order valence-corrected chi connectivity index (χ0v) is 13.5. The van der Waals surface area contributed by atoms with E-state index in [2.05, 4.69) is 28.2 Å². The Kier molecular flexibility index (Phi) is 4.73. The molecule has 1 aliphatic rings. The topological polar surface area (TPSA) is 55.1 Å². The fourth-order valence-electron chi connectivity index (χ4n) is 2.92. The number of nitrogens with two attached hydrogens (primary N) is 1. The maximum atomic E-state index is 12.6. The van der Waals surface area contributed by atoms with Crippen LogP contribution in [0.25, 0.3) is 0 Å². The molecule has 3 rings (SSSR count). The van der Waals surface area contributed by atoms with Crippen LogP contribution in [0.1, 0.15) is 41.5 Å². The SMILES string of the molecule is NC1CCCC(C(=O)NC(c2cccs2)c2cccs2)C1. The number of amides is 1. The van der Waals surface area contributed by atoms with E-state index in [1.807, 2.05) is 12.1 Å². The molecule has 1 aliphatic carbocycles. The molecule has 112 valence electrons. The lowest BCUT2D eigenvalue weighted by Gasteiger charge is -2.27. The largest absolute Gasteiger partial charge is 0.343 e. The molecule has 0 saturated heterocycles. The normalized spacial score (nSPS) is 22.4.